The van der Waals surface area contributed by atoms with Crippen molar-refractivity contribution in [1.82, 2.24) is 19.4 Å². The van der Waals surface area contributed by atoms with Crippen LogP contribution in [0.25, 0.3) is 11.0 Å². The third-order valence-electron chi connectivity index (χ3n) is 6.22. The van der Waals surface area contributed by atoms with E-state index < -0.39 is 11.2 Å². The molecule has 3 aromatic rings. The number of benzene rings is 1. The van der Waals surface area contributed by atoms with E-state index in [9.17, 15) is 14.4 Å². The van der Waals surface area contributed by atoms with E-state index >= 15 is 0 Å². The highest BCUT2D eigenvalue weighted by Gasteiger charge is 2.31. The largest absolute Gasteiger partial charge is 0.332 e. The van der Waals surface area contributed by atoms with Crippen molar-refractivity contribution in [2.45, 2.75) is 71.5 Å². The average molecular weight is 435 g/mol. The molecule has 1 atom stereocenters. The van der Waals surface area contributed by atoms with Gasteiger partial charge in [0.05, 0.1) is 10.9 Å². The van der Waals surface area contributed by atoms with Crippen molar-refractivity contribution in [2.24, 2.45) is 0 Å². The molecule has 0 spiro atoms. The van der Waals surface area contributed by atoms with Crippen molar-refractivity contribution in [3.63, 3.8) is 0 Å². The molecular weight excluding hydrogens is 404 g/mol. The molecule has 1 N–H and O–H groups in total. The number of pyridine rings is 1. The molecule has 0 radical (unpaired) electrons. The molecule has 1 aromatic carbocycles. The van der Waals surface area contributed by atoms with Crippen LogP contribution in [-0.2, 0) is 13.1 Å². The number of nitrogens with one attached hydrogen (secondary N) is 1. The van der Waals surface area contributed by atoms with E-state index in [0.29, 0.717) is 30.7 Å². The molecule has 1 fully saturated rings. The van der Waals surface area contributed by atoms with Crippen LogP contribution in [0.3, 0.4) is 0 Å². The Hall–Kier alpha value is -3.22. The number of amides is 1. The maximum Gasteiger partial charge on any atom is 0.329 e. The quantitative estimate of drug-likeness (QED) is 0.584. The Morgan fingerprint density at radius 3 is 2.56 bits per heavy atom. The van der Waals surface area contributed by atoms with Crippen molar-refractivity contribution >= 4 is 16.9 Å². The topological polar surface area (TPSA) is 88.1 Å². The molecule has 0 aliphatic heterocycles. The Morgan fingerprint density at radius 2 is 1.94 bits per heavy atom. The molecule has 1 aliphatic carbocycles. The van der Waals surface area contributed by atoms with E-state index in [4.69, 9.17) is 4.98 Å². The number of fused-ring (bicyclic) bond motifs is 1. The Kier molecular flexibility index (Phi) is 6.26. The number of aromatic nitrogens is 3. The summed E-state index contributed by atoms with van der Waals surface area (Å²) in [7, 11) is 0. The number of carbonyl (C=O) groups is 1. The Morgan fingerprint density at radius 1 is 1.22 bits per heavy atom. The van der Waals surface area contributed by atoms with Gasteiger partial charge in [0.2, 0.25) is 0 Å². The second kappa shape index (κ2) is 9.10. The predicted octanol–water partition coefficient (Wildman–Crippen LogP) is 3.81. The fourth-order valence-electron chi connectivity index (χ4n) is 4.06. The van der Waals surface area contributed by atoms with Crippen LogP contribution in [-0.4, -0.2) is 31.4 Å². The third kappa shape index (κ3) is 4.24. The number of hydrogen-bond acceptors (Lipinski definition) is 4. The second-order valence-corrected chi connectivity index (χ2v) is 8.65. The minimum atomic E-state index is -0.556. The van der Waals surface area contributed by atoms with Gasteiger partial charge in [-0.3, -0.25) is 19.1 Å². The first-order chi connectivity index (χ1) is 15.4. The van der Waals surface area contributed by atoms with Crippen molar-refractivity contribution in [3.8, 4) is 0 Å². The Balaban J connectivity index is 1.91. The lowest BCUT2D eigenvalue weighted by atomic mass is 10.0. The normalized spacial score (nSPS) is 14.5. The lowest BCUT2D eigenvalue weighted by Crippen LogP contribution is -2.39. The van der Waals surface area contributed by atoms with E-state index in [1.807, 2.05) is 56.0 Å². The maximum absolute atomic E-state index is 13.9. The van der Waals surface area contributed by atoms with Crippen molar-refractivity contribution < 1.29 is 4.79 Å². The van der Waals surface area contributed by atoms with Crippen LogP contribution >= 0.6 is 0 Å². The number of aromatic amines is 1. The van der Waals surface area contributed by atoms with Gasteiger partial charge in [0.25, 0.3) is 11.5 Å². The highest BCUT2D eigenvalue weighted by Crippen LogP contribution is 2.40. The summed E-state index contributed by atoms with van der Waals surface area (Å²) in [4.78, 5) is 48.3. The summed E-state index contributed by atoms with van der Waals surface area (Å²) < 4.78 is 1.49. The van der Waals surface area contributed by atoms with Crippen molar-refractivity contribution in [1.29, 1.82) is 0 Å². The molecule has 1 saturated carbocycles. The van der Waals surface area contributed by atoms with Gasteiger partial charge in [-0.2, -0.15) is 0 Å². The molecule has 32 heavy (non-hydrogen) atoms. The smallest absolute Gasteiger partial charge is 0.329 e. The second-order valence-electron chi connectivity index (χ2n) is 8.65. The molecule has 2 heterocycles. The number of aryl methyl sites for hydroxylation is 1. The third-order valence-corrected chi connectivity index (χ3v) is 6.22. The van der Waals surface area contributed by atoms with E-state index in [1.165, 1.54) is 4.57 Å². The van der Waals surface area contributed by atoms with Gasteiger partial charge in [-0.05, 0) is 44.2 Å². The zero-order valence-electron chi connectivity index (χ0n) is 18.9. The highest BCUT2D eigenvalue weighted by molar-refractivity contribution is 6.05. The van der Waals surface area contributed by atoms with Crippen LogP contribution in [0, 0.1) is 0 Å². The average Bonchev–Trinajstić information content (AvgIpc) is 3.64. The van der Waals surface area contributed by atoms with Crippen LogP contribution in [0.5, 0.6) is 0 Å². The molecule has 1 unspecified atom stereocenters. The molecule has 1 aliphatic rings. The maximum atomic E-state index is 13.9. The van der Waals surface area contributed by atoms with Gasteiger partial charge in [-0.25, -0.2) is 9.78 Å². The summed E-state index contributed by atoms with van der Waals surface area (Å²) in [5.41, 5.74) is 1.43. The van der Waals surface area contributed by atoms with Crippen LogP contribution in [0.15, 0.2) is 46.0 Å². The van der Waals surface area contributed by atoms with E-state index in [0.717, 1.165) is 30.5 Å². The fourth-order valence-corrected chi connectivity index (χ4v) is 4.06. The van der Waals surface area contributed by atoms with Gasteiger partial charge < -0.3 is 4.90 Å². The van der Waals surface area contributed by atoms with Crippen molar-refractivity contribution in [3.05, 3.63) is 74.1 Å². The zero-order valence-corrected chi connectivity index (χ0v) is 18.9. The SMILES string of the molecule is CCCn1c(=O)[nH]c(=O)c2c(C(=O)N(Cc3ccccc3)C(C)CC)cc(C3CC3)nc21. The van der Waals surface area contributed by atoms with E-state index in [-0.39, 0.29) is 23.3 Å². The fraction of sp³-hybridized carbons (Fsp3) is 0.440. The molecular formula is C25H30N4O3. The van der Waals surface area contributed by atoms with Gasteiger partial charge >= 0.3 is 5.69 Å². The molecule has 168 valence electrons. The van der Waals surface area contributed by atoms with Gasteiger partial charge in [-0.1, -0.05) is 44.2 Å². The summed E-state index contributed by atoms with van der Waals surface area (Å²) in [6, 6.07) is 11.6. The first kappa shape index (κ1) is 22.0. The number of hydrogen-bond donors (Lipinski definition) is 1. The highest BCUT2D eigenvalue weighted by atomic mass is 16.2. The minimum Gasteiger partial charge on any atom is -0.332 e. The molecule has 1 amide bonds. The van der Waals surface area contributed by atoms with Crippen LogP contribution in [0.1, 0.15) is 74.0 Å². The van der Waals surface area contributed by atoms with E-state index in [1.54, 1.807) is 6.07 Å². The number of rotatable bonds is 8. The summed E-state index contributed by atoms with van der Waals surface area (Å²) in [6.07, 6.45) is 3.51. The van der Waals surface area contributed by atoms with Gasteiger partial charge in [-0.15, -0.1) is 0 Å². The van der Waals surface area contributed by atoms with Gasteiger partial charge in [0, 0.05) is 30.7 Å². The summed E-state index contributed by atoms with van der Waals surface area (Å²) in [5, 5.41) is 0.203. The molecule has 0 saturated heterocycles. The van der Waals surface area contributed by atoms with Gasteiger partial charge in [0.15, 0.2) is 5.65 Å². The summed E-state index contributed by atoms with van der Waals surface area (Å²) in [6.45, 7) is 6.90. The van der Waals surface area contributed by atoms with Crippen LogP contribution in [0.2, 0.25) is 0 Å². The first-order valence-electron chi connectivity index (χ1n) is 11.5. The van der Waals surface area contributed by atoms with Crippen LogP contribution in [0.4, 0.5) is 0 Å². The number of H-pyrrole nitrogens is 1. The minimum absolute atomic E-state index is 0.0177. The lowest BCUT2D eigenvalue weighted by molar-refractivity contribution is 0.0673. The monoisotopic (exact) mass is 434 g/mol. The Bertz CT molecular complexity index is 1240. The summed E-state index contributed by atoms with van der Waals surface area (Å²) >= 11 is 0. The van der Waals surface area contributed by atoms with E-state index in [2.05, 4.69) is 4.98 Å². The predicted molar refractivity (Wildman–Crippen MR) is 125 cm³/mol. The Labute approximate surface area is 187 Å². The van der Waals surface area contributed by atoms with Crippen molar-refractivity contribution in [2.75, 3.05) is 0 Å². The van der Waals surface area contributed by atoms with Gasteiger partial charge in [0.1, 0.15) is 0 Å². The summed E-state index contributed by atoms with van der Waals surface area (Å²) in [5.74, 6) is 0.0753. The molecule has 2 aromatic heterocycles. The standard InChI is InChI=1S/C25H30N4O3/c1-4-13-28-22-21(23(30)27-25(28)32)19(14-20(26-22)18-11-12-18)24(31)29(16(3)5-2)15-17-9-7-6-8-10-17/h6-10,14,16,18H,4-5,11-13,15H2,1-3H3,(H,27,30,32). The van der Waals surface area contributed by atoms with Crippen LogP contribution < -0.4 is 11.2 Å². The lowest BCUT2D eigenvalue weighted by Gasteiger charge is -2.29. The molecule has 7 heteroatoms. The number of carbonyl (C=O) groups excluding carboxylic acids is 1. The molecule has 7 nitrogen and oxygen atoms in total. The first-order valence-corrected chi connectivity index (χ1v) is 11.5. The zero-order chi connectivity index (χ0) is 22.8. The molecule has 0 bridgehead atoms. The number of nitrogens with zero attached hydrogens (tertiary/aromatic N) is 3. The molecule has 4 rings (SSSR count).